The first kappa shape index (κ1) is 11.3. The highest BCUT2D eigenvalue weighted by molar-refractivity contribution is 7.99. The highest BCUT2D eigenvalue weighted by atomic mass is 32.2. The molecule has 1 saturated heterocycles. The molecule has 0 aromatic rings. The predicted octanol–water partition coefficient (Wildman–Crippen LogP) is 1.55. The summed E-state index contributed by atoms with van der Waals surface area (Å²) in [4.78, 5) is 2.56. The van der Waals surface area contributed by atoms with Crippen LogP contribution in [0.15, 0.2) is 0 Å². The van der Waals surface area contributed by atoms with Crippen LogP contribution in [0.1, 0.15) is 26.7 Å². The van der Waals surface area contributed by atoms with Gasteiger partial charge in [-0.05, 0) is 32.1 Å². The first-order valence-electron chi connectivity index (χ1n) is 5.33. The molecule has 1 aliphatic heterocycles. The number of nitrogens with zero attached hydrogens (tertiary/aromatic N) is 1. The molecule has 2 unspecified atom stereocenters. The second kappa shape index (κ2) is 5.89. The van der Waals surface area contributed by atoms with Gasteiger partial charge in [0.1, 0.15) is 0 Å². The number of hydrogen-bond acceptors (Lipinski definition) is 3. The standard InChI is InChI=1S/C10H22N2S/c1-3-12(9(2)7-11)10-5-4-6-13-8-10/h9-10H,3-8,11H2,1-2H3. The van der Waals surface area contributed by atoms with Crippen molar-refractivity contribution in [1.29, 1.82) is 0 Å². The number of rotatable bonds is 4. The Morgan fingerprint density at radius 3 is 2.85 bits per heavy atom. The molecule has 0 radical (unpaired) electrons. The lowest BCUT2D eigenvalue weighted by molar-refractivity contribution is 0.159. The maximum Gasteiger partial charge on any atom is 0.0193 e. The zero-order valence-electron chi connectivity index (χ0n) is 8.83. The van der Waals surface area contributed by atoms with Crippen LogP contribution >= 0.6 is 11.8 Å². The van der Waals surface area contributed by atoms with Gasteiger partial charge in [-0.25, -0.2) is 0 Å². The smallest absolute Gasteiger partial charge is 0.0193 e. The summed E-state index contributed by atoms with van der Waals surface area (Å²) in [6.45, 7) is 6.41. The Hall–Kier alpha value is 0.270. The molecule has 0 bridgehead atoms. The van der Waals surface area contributed by atoms with Gasteiger partial charge in [0, 0.05) is 24.4 Å². The minimum absolute atomic E-state index is 0.550. The molecule has 0 aromatic heterocycles. The van der Waals surface area contributed by atoms with Crippen LogP contribution in [-0.2, 0) is 0 Å². The van der Waals surface area contributed by atoms with E-state index in [1.807, 2.05) is 0 Å². The van der Waals surface area contributed by atoms with Gasteiger partial charge in [-0.2, -0.15) is 11.8 Å². The second-order valence-electron chi connectivity index (χ2n) is 3.79. The van der Waals surface area contributed by atoms with Crippen molar-refractivity contribution in [1.82, 2.24) is 4.90 Å². The fourth-order valence-electron chi connectivity index (χ4n) is 2.05. The summed E-state index contributed by atoms with van der Waals surface area (Å²) in [6, 6.07) is 1.33. The largest absolute Gasteiger partial charge is 0.329 e. The summed E-state index contributed by atoms with van der Waals surface area (Å²) in [5.41, 5.74) is 5.71. The predicted molar refractivity (Wildman–Crippen MR) is 61.2 cm³/mol. The van der Waals surface area contributed by atoms with Crippen LogP contribution in [0, 0.1) is 0 Å². The van der Waals surface area contributed by atoms with Gasteiger partial charge in [-0.15, -0.1) is 0 Å². The molecule has 0 aliphatic carbocycles. The zero-order valence-corrected chi connectivity index (χ0v) is 9.65. The lowest BCUT2D eigenvalue weighted by Crippen LogP contribution is -2.47. The third-order valence-corrected chi connectivity index (χ3v) is 4.08. The van der Waals surface area contributed by atoms with E-state index >= 15 is 0 Å². The van der Waals surface area contributed by atoms with Crippen molar-refractivity contribution in [2.75, 3.05) is 24.6 Å². The van der Waals surface area contributed by atoms with Gasteiger partial charge in [0.2, 0.25) is 0 Å². The second-order valence-corrected chi connectivity index (χ2v) is 4.94. The van der Waals surface area contributed by atoms with Gasteiger partial charge in [-0.1, -0.05) is 6.92 Å². The number of nitrogens with two attached hydrogens (primary N) is 1. The minimum atomic E-state index is 0.550. The SMILES string of the molecule is CCN(C(C)CN)C1CCCSC1. The highest BCUT2D eigenvalue weighted by Gasteiger charge is 2.23. The first-order valence-corrected chi connectivity index (χ1v) is 6.48. The van der Waals surface area contributed by atoms with E-state index in [2.05, 4.69) is 30.5 Å². The van der Waals surface area contributed by atoms with E-state index in [1.165, 1.54) is 24.3 Å². The van der Waals surface area contributed by atoms with Gasteiger partial charge < -0.3 is 5.73 Å². The Bertz CT molecular complexity index is 135. The van der Waals surface area contributed by atoms with Crippen LogP contribution in [0.2, 0.25) is 0 Å². The van der Waals surface area contributed by atoms with Crippen LogP contribution in [-0.4, -0.2) is 41.6 Å². The zero-order chi connectivity index (χ0) is 9.68. The van der Waals surface area contributed by atoms with Gasteiger partial charge in [0.15, 0.2) is 0 Å². The van der Waals surface area contributed by atoms with E-state index in [0.29, 0.717) is 6.04 Å². The van der Waals surface area contributed by atoms with Crippen molar-refractivity contribution in [3.8, 4) is 0 Å². The lowest BCUT2D eigenvalue weighted by atomic mass is 10.1. The van der Waals surface area contributed by atoms with Crippen molar-refractivity contribution >= 4 is 11.8 Å². The molecule has 0 amide bonds. The fraction of sp³-hybridized carbons (Fsp3) is 1.00. The molecule has 2 atom stereocenters. The summed E-state index contributed by atoms with van der Waals surface area (Å²) in [6.07, 6.45) is 2.74. The van der Waals surface area contributed by atoms with Gasteiger partial charge >= 0.3 is 0 Å². The number of thioether (sulfide) groups is 1. The molecule has 0 saturated carbocycles. The number of hydrogen-bond donors (Lipinski definition) is 1. The van der Waals surface area contributed by atoms with Crippen molar-refractivity contribution in [3.05, 3.63) is 0 Å². The molecular weight excluding hydrogens is 180 g/mol. The normalized spacial score (nSPS) is 26.3. The van der Waals surface area contributed by atoms with Crippen LogP contribution in [0.3, 0.4) is 0 Å². The van der Waals surface area contributed by atoms with Crippen molar-refractivity contribution < 1.29 is 0 Å². The van der Waals surface area contributed by atoms with Crippen molar-refractivity contribution in [2.45, 2.75) is 38.8 Å². The molecule has 1 rings (SSSR count). The Balaban J connectivity index is 2.43. The summed E-state index contributed by atoms with van der Waals surface area (Å²) >= 11 is 2.09. The summed E-state index contributed by atoms with van der Waals surface area (Å²) in [5.74, 6) is 2.66. The Morgan fingerprint density at radius 2 is 2.38 bits per heavy atom. The van der Waals surface area contributed by atoms with Crippen LogP contribution in [0.5, 0.6) is 0 Å². The van der Waals surface area contributed by atoms with Gasteiger partial charge in [0.25, 0.3) is 0 Å². The molecule has 0 spiro atoms. The molecule has 2 N–H and O–H groups in total. The molecule has 2 nitrogen and oxygen atoms in total. The van der Waals surface area contributed by atoms with E-state index < -0.39 is 0 Å². The van der Waals surface area contributed by atoms with Crippen molar-refractivity contribution in [3.63, 3.8) is 0 Å². The molecule has 1 heterocycles. The molecular formula is C10H22N2S. The van der Waals surface area contributed by atoms with E-state index in [9.17, 15) is 0 Å². The first-order chi connectivity index (χ1) is 6.29. The average Bonchev–Trinajstić information content (AvgIpc) is 2.20. The molecule has 1 aliphatic rings. The van der Waals surface area contributed by atoms with Crippen molar-refractivity contribution in [2.24, 2.45) is 5.73 Å². The highest BCUT2D eigenvalue weighted by Crippen LogP contribution is 2.22. The molecule has 78 valence electrons. The van der Waals surface area contributed by atoms with Gasteiger partial charge in [-0.3, -0.25) is 4.90 Å². The van der Waals surface area contributed by atoms with E-state index in [-0.39, 0.29) is 0 Å². The number of likely N-dealkylation sites (N-methyl/N-ethyl adjacent to an activating group) is 1. The van der Waals surface area contributed by atoms with Gasteiger partial charge in [0.05, 0.1) is 0 Å². The maximum absolute atomic E-state index is 5.71. The van der Waals surface area contributed by atoms with E-state index in [1.54, 1.807) is 0 Å². The molecule has 0 aromatic carbocycles. The molecule has 1 fully saturated rings. The van der Waals surface area contributed by atoms with E-state index in [4.69, 9.17) is 5.73 Å². The Kier molecular flexibility index (Phi) is 5.14. The quantitative estimate of drug-likeness (QED) is 0.750. The third-order valence-electron chi connectivity index (χ3n) is 2.88. The summed E-state index contributed by atoms with van der Waals surface area (Å²) in [5, 5.41) is 0. The molecule has 13 heavy (non-hydrogen) atoms. The fourth-order valence-corrected chi connectivity index (χ4v) is 3.22. The summed E-state index contributed by atoms with van der Waals surface area (Å²) < 4.78 is 0. The van der Waals surface area contributed by atoms with E-state index in [0.717, 1.165) is 19.1 Å². The Morgan fingerprint density at radius 1 is 1.62 bits per heavy atom. The molecule has 3 heteroatoms. The summed E-state index contributed by atoms with van der Waals surface area (Å²) in [7, 11) is 0. The maximum atomic E-state index is 5.71. The topological polar surface area (TPSA) is 29.3 Å². The minimum Gasteiger partial charge on any atom is -0.329 e. The monoisotopic (exact) mass is 202 g/mol. The lowest BCUT2D eigenvalue weighted by Gasteiger charge is -2.37. The third kappa shape index (κ3) is 3.15. The Labute approximate surface area is 86.2 Å². The average molecular weight is 202 g/mol. The van der Waals surface area contributed by atoms with Crippen LogP contribution < -0.4 is 5.73 Å². The van der Waals surface area contributed by atoms with Crippen LogP contribution in [0.4, 0.5) is 0 Å². The van der Waals surface area contributed by atoms with Crippen LogP contribution in [0.25, 0.3) is 0 Å².